The number of nitrogens with one attached hydrogen (secondary N) is 2. The Balaban J connectivity index is 2.79. The Morgan fingerprint density at radius 2 is 2.25 bits per heavy atom. The zero-order chi connectivity index (χ0) is 12.1. The quantitative estimate of drug-likeness (QED) is 0.642. The molecule has 6 heteroatoms. The SMILES string of the molecule is CC(=O)NC(Cc1cc[nH]c(=O)c1)C(=O)O. The third-order valence-corrected chi connectivity index (χ3v) is 1.95. The molecule has 0 radical (unpaired) electrons. The lowest BCUT2D eigenvalue weighted by molar-refractivity contribution is -0.141. The van der Waals surface area contributed by atoms with Crippen molar-refractivity contribution in [1.29, 1.82) is 0 Å². The van der Waals surface area contributed by atoms with Crippen LogP contribution in [0.15, 0.2) is 23.1 Å². The summed E-state index contributed by atoms with van der Waals surface area (Å²) in [4.78, 5) is 35.0. The van der Waals surface area contributed by atoms with Gasteiger partial charge >= 0.3 is 5.97 Å². The first-order chi connectivity index (χ1) is 7.49. The van der Waals surface area contributed by atoms with Crippen molar-refractivity contribution in [3.63, 3.8) is 0 Å². The number of aromatic nitrogens is 1. The summed E-state index contributed by atoms with van der Waals surface area (Å²) in [5.41, 5.74) is 0.259. The second kappa shape index (κ2) is 5.11. The minimum Gasteiger partial charge on any atom is -0.480 e. The zero-order valence-electron chi connectivity index (χ0n) is 8.69. The molecule has 0 saturated carbocycles. The summed E-state index contributed by atoms with van der Waals surface area (Å²) in [6.07, 6.45) is 1.52. The van der Waals surface area contributed by atoms with Gasteiger partial charge in [0.05, 0.1) is 0 Å². The van der Waals surface area contributed by atoms with Crippen LogP contribution < -0.4 is 10.9 Å². The van der Waals surface area contributed by atoms with Gasteiger partial charge in [-0.25, -0.2) is 4.79 Å². The summed E-state index contributed by atoms with van der Waals surface area (Å²) in [6.45, 7) is 1.24. The standard InChI is InChI=1S/C10H12N2O4/c1-6(13)12-8(10(15)16)4-7-2-3-11-9(14)5-7/h2-3,5,8H,4H2,1H3,(H,11,14)(H,12,13)(H,15,16). The van der Waals surface area contributed by atoms with Crippen LogP contribution in [-0.4, -0.2) is 28.0 Å². The van der Waals surface area contributed by atoms with Crippen LogP contribution in [0.1, 0.15) is 12.5 Å². The maximum absolute atomic E-state index is 11.0. The molecule has 0 bridgehead atoms. The van der Waals surface area contributed by atoms with Crippen LogP contribution >= 0.6 is 0 Å². The molecule has 0 spiro atoms. The number of pyridine rings is 1. The highest BCUT2D eigenvalue weighted by Crippen LogP contribution is 2.00. The van der Waals surface area contributed by atoms with Gasteiger partial charge in [0.25, 0.3) is 0 Å². The summed E-state index contributed by atoms with van der Waals surface area (Å²) in [7, 11) is 0. The number of hydrogen-bond acceptors (Lipinski definition) is 3. The number of aromatic amines is 1. The zero-order valence-corrected chi connectivity index (χ0v) is 8.69. The number of aliphatic carboxylic acids is 1. The average molecular weight is 224 g/mol. The minimum absolute atomic E-state index is 0.0822. The van der Waals surface area contributed by atoms with Gasteiger partial charge in [-0.1, -0.05) is 0 Å². The Labute approximate surface area is 91.3 Å². The van der Waals surface area contributed by atoms with Crippen LogP contribution in [0.4, 0.5) is 0 Å². The molecule has 6 nitrogen and oxygen atoms in total. The third-order valence-electron chi connectivity index (χ3n) is 1.95. The molecule has 0 aliphatic rings. The molecule has 0 aromatic carbocycles. The van der Waals surface area contributed by atoms with Crippen molar-refractivity contribution < 1.29 is 14.7 Å². The molecule has 1 unspecified atom stereocenters. The summed E-state index contributed by atoms with van der Waals surface area (Å²) in [5.74, 6) is -1.55. The fourth-order valence-corrected chi connectivity index (χ4v) is 1.30. The van der Waals surface area contributed by atoms with Crippen molar-refractivity contribution in [3.8, 4) is 0 Å². The summed E-state index contributed by atoms with van der Waals surface area (Å²) in [5, 5.41) is 11.1. The summed E-state index contributed by atoms with van der Waals surface area (Å²) in [6, 6.07) is 1.89. The Morgan fingerprint density at radius 3 is 2.75 bits per heavy atom. The number of rotatable bonds is 4. The van der Waals surface area contributed by atoms with Gasteiger partial charge in [0.2, 0.25) is 11.5 Å². The molecular weight excluding hydrogens is 212 g/mol. The maximum Gasteiger partial charge on any atom is 0.326 e. The predicted octanol–water partition coefficient (Wildman–Crippen LogP) is -0.493. The Kier molecular flexibility index (Phi) is 3.82. The number of hydrogen-bond donors (Lipinski definition) is 3. The van der Waals surface area contributed by atoms with E-state index in [0.29, 0.717) is 5.56 Å². The van der Waals surface area contributed by atoms with E-state index in [2.05, 4.69) is 10.3 Å². The molecule has 0 aliphatic heterocycles. The van der Waals surface area contributed by atoms with E-state index in [1.54, 1.807) is 6.07 Å². The molecule has 0 saturated heterocycles. The summed E-state index contributed by atoms with van der Waals surface area (Å²) < 4.78 is 0. The molecule has 16 heavy (non-hydrogen) atoms. The van der Waals surface area contributed by atoms with Gasteiger partial charge in [-0.05, 0) is 11.6 Å². The lowest BCUT2D eigenvalue weighted by Gasteiger charge is -2.12. The van der Waals surface area contributed by atoms with Crippen molar-refractivity contribution in [1.82, 2.24) is 10.3 Å². The molecule has 0 fully saturated rings. The highest BCUT2D eigenvalue weighted by atomic mass is 16.4. The molecule has 0 aliphatic carbocycles. The van der Waals surface area contributed by atoms with Crippen molar-refractivity contribution in [3.05, 3.63) is 34.2 Å². The van der Waals surface area contributed by atoms with Crippen molar-refractivity contribution in [2.24, 2.45) is 0 Å². The van der Waals surface area contributed by atoms with Crippen LogP contribution in [0.25, 0.3) is 0 Å². The number of carbonyl (C=O) groups excluding carboxylic acids is 1. The lowest BCUT2D eigenvalue weighted by Crippen LogP contribution is -2.41. The second-order valence-corrected chi connectivity index (χ2v) is 3.36. The molecule has 1 aromatic rings. The average Bonchev–Trinajstić information content (AvgIpc) is 2.15. The normalized spacial score (nSPS) is 11.8. The van der Waals surface area contributed by atoms with Gasteiger partial charge in [0.1, 0.15) is 6.04 Å². The van der Waals surface area contributed by atoms with E-state index < -0.39 is 17.9 Å². The van der Waals surface area contributed by atoms with Crippen molar-refractivity contribution in [2.75, 3.05) is 0 Å². The van der Waals surface area contributed by atoms with Gasteiger partial charge < -0.3 is 15.4 Å². The highest BCUT2D eigenvalue weighted by molar-refractivity contribution is 5.82. The largest absolute Gasteiger partial charge is 0.480 e. The minimum atomic E-state index is -1.13. The van der Waals surface area contributed by atoms with E-state index in [4.69, 9.17) is 5.11 Å². The Morgan fingerprint density at radius 1 is 1.56 bits per heavy atom. The van der Waals surface area contributed by atoms with Gasteiger partial charge in [-0.2, -0.15) is 0 Å². The number of H-pyrrole nitrogens is 1. The van der Waals surface area contributed by atoms with E-state index in [1.165, 1.54) is 19.2 Å². The molecule has 1 aromatic heterocycles. The van der Waals surface area contributed by atoms with E-state index in [-0.39, 0.29) is 12.0 Å². The fourth-order valence-electron chi connectivity index (χ4n) is 1.30. The Bertz CT molecular complexity index is 452. The fraction of sp³-hybridized carbons (Fsp3) is 0.300. The smallest absolute Gasteiger partial charge is 0.326 e. The van der Waals surface area contributed by atoms with Gasteiger partial charge in [0.15, 0.2) is 0 Å². The summed E-state index contributed by atoms with van der Waals surface area (Å²) >= 11 is 0. The van der Waals surface area contributed by atoms with Crippen LogP contribution in [-0.2, 0) is 16.0 Å². The number of carboxylic acid groups (broad SMARTS) is 1. The van der Waals surface area contributed by atoms with Crippen LogP contribution in [0.5, 0.6) is 0 Å². The first-order valence-corrected chi connectivity index (χ1v) is 4.66. The molecule has 1 atom stereocenters. The first-order valence-electron chi connectivity index (χ1n) is 4.66. The number of carbonyl (C=O) groups is 2. The molecule has 1 amide bonds. The second-order valence-electron chi connectivity index (χ2n) is 3.36. The van der Waals surface area contributed by atoms with Crippen LogP contribution in [0.2, 0.25) is 0 Å². The molecular formula is C10H12N2O4. The molecule has 1 rings (SSSR count). The van der Waals surface area contributed by atoms with Gasteiger partial charge in [-0.3, -0.25) is 9.59 Å². The van der Waals surface area contributed by atoms with E-state index in [0.717, 1.165) is 0 Å². The first kappa shape index (κ1) is 12.0. The van der Waals surface area contributed by atoms with Crippen molar-refractivity contribution in [2.45, 2.75) is 19.4 Å². The highest BCUT2D eigenvalue weighted by Gasteiger charge is 2.18. The molecule has 3 N–H and O–H groups in total. The third kappa shape index (κ3) is 3.56. The van der Waals surface area contributed by atoms with Crippen molar-refractivity contribution >= 4 is 11.9 Å². The Hall–Kier alpha value is -2.11. The maximum atomic E-state index is 11.0. The topological polar surface area (TPSA) is 99.3 Å². The lowest BCUT2D eigenvalue weighted by atomic mass is 10.1. The van der Waals surface area contributed by atoms with Crippen LogP contribution in [0, 0.1) is 0 Å². The predicted molar refractivity (Wildman–Crippen MR) is 56.0 cm³/mol. The van der Waals surface area contributed by atoms with E-state index in [9.17, 15) is 14.4 Å². The molecule has 86 valence electrons. The van der Waals surface area contributed by atoms with Gasteiger partial charge in [0, 0.05) is 25.6 Å². The number of carboxylic acids is 1. The monoisotopic (exact) mass is 224 g/mol. The number of amides is 1. The van der Waals surface area contributed by atoms with Gasteiger partial charge in [-0.15, -0.1) is 0 Å². The van der Waals surface area contributed by atoms with E-state index in [1.807, 2.05) is 0 Å². The van der Waals surface area contributed by atoms with E-state index >= 15 is 0 Å². The molecule has 1 heterocycles. The van der Waals surface area contributed by atoms with Crippen LogP contribution in [0.3, 0.4) is 0 Å².